The molecule has 0 saturated carbocycles. The lowest BCUT2D eigenvalue weighted by molar-refractivity contribution is -0.136. The van der Waals surface area contributed by atoms with Crippen molar-refractivity contribution in [3.63, 3.8) is 0 Å². The SMILES string of the molecule is CC(C)N(Cc1ccccc1)C(=O)COC(=O)c1c[nH]c2ccccc12. The predicted octanol–water partition coefficient (Wildman–Crippen LogP) is 3.76. The first-order valence-corrected chi connectivity index (χ1v) is 8.63. The second kappa shape index (κ2) is 7.87. The molecule has 1 amide bonds. The number of carbonyl (C=O) groups excluding carboxylic acids is 2. The van der Waals surface area contributed by atoms with Gasteiger partial charge in [0.05, 0.1) is 5.56 Å². The van der Waals surface area contributed by atoms with Crippen molar-refractivity contribution in [1.82, 2.24) is 9.88 Å². The molecule has 26 heavy (non-hydrogen) atoms. The summed E-state index contributed by atoms with van der Waals surface area (Å²) in [5.41, 5.74) is 2.34. The first-order valence-electron chi connectivity index (χ1n) is 8.63. The molecule has 0 spiro atoms. The van der Waals surface area contributed by atoms with Crippen LogP contribution in [0.15, 0.2) is 60.8 Å². The molecule has 0 fully saturated rings. The standard InChI is InChI=1S/C21H22N2O3/c1-15(2)23(13-16-8-4-3-5-9-16)20(24)14-26-21(25)18-12-22-19-11-7-6-10-17(18)19/h3-12,15,22H,13-14H2,1-2H3. The number of nitrogens with zero attached hydrogens (tertiary/aromatic N) is 1. The number of aromatic nitrogens is 1. The van der Waals surface area contributed by atoms with Gasteiger partial charge in [0.1, 0.15) is 0 Å². The molecule has 0 aliphatic rings. The van der Waals surface area contributed by atoms with Crippen LogP contribution in [0.3, 0.4) is 0 Å². The predicted molar refractivity (Wildman–Crippen MR) is 101 cm³/mol. The van der Waals surface area contributed by atoms with Gasteiger partial charge in [0.25, 0.3) is 5.91 Å². The van der Waals surface area contributed by atoms with E-state index in [1.165, 1.54) is 0 Å². The van der Waals surface area contributed by atoms with Gasteiger partial charge in [0.2, 0.25) is 0 Å². The minimum atomic E-state index is -0.501. The van der Waals surface area contributed by atoms with Crippen molar-refractivity contribution in [3.05, 3.63) is 71.9 Å². The fraction of sp³-hybridized carbons (Fsp3) is 0.238. The molecule has 2 aromatic carbocycles. The van der Waals surface area contributed by atoms with E-state index in [1.54, 1.807) is 11.1 Å². The number of benzene rings is 2. The number of fused-ring (bicyclic) bond motifs is 1. The minimum absolute atomic E-state index is 0.00879. The molecule has 5 heteroatoms. The zero-order valence-electron chi connectivity index (χ0n) is 14.9. The van der Waals surface area contributed by atoms with Crippen LogP contribution < -0.4 is 0 Å². The summed E-state index contributed by atoms with van der Waals surface area (Å²) in [5.74, 6) is -0.712. The molecule has 0 aliphatic heterocycles. The minimum Gasteiger partial charge on any atom is -0.452 e. The number of amides is 1. The van der Waals surface area contributed by atoms with Crippen LogP contribution in [0.25, 0.3) is 10.9 Å². The summed E-state index contributed by atoms with van der Waals surface area (Å²) in [7, 11) is 0. The summed E-state index contributed by atoms with van der Waals surface area (Å²) in [6, 6.07) is 17.3. The lowest BCUT2D eigenvalue weighted by atomic mass is 10.2. The Morgan fingerprint density at radius 1 is 1.04 bits per heavy atom. The summed E-state index contributed by atoms with van der Waals surface area (Å²) in [6.45, 7) is 4.11. The van der Waals surface area contributed by atoms with Crippen LogP contribution in [-0.2, 0) is 16.1 Å². The van der Waals surface area contributed by atoms with E-state index < -0.39 is 5.97 Å². The van der Waals surface area contributed by atoms with Gasteiger partial charge in [-0.25, -0.2) is 4.79 Å². The first kappa shape index (κ1) is 17.7. The third kappa shape index (κ3) is 3.94. The van der Waals surface area contributed by atoms with Crippen molar-refractivity contribution in [1.29, 1.82) is 0 Å². The highest BCUT2D eigenvalue weighted by molar-refractivity contribution is 6.04. The fourth-order valence-electron chi connectivity index (χ4n) is 2.87. The molecule has 0 radical (unpaired) electrons. The van der Waals surface area contributed by atoms with Crippen LogP contribution in [0.2, 0.25) is 0 Å². The smallest absolute Gasteiger partial charge is 0.340 e. The Morgan fingerprint density at radius 2 is 1.73 bits per heavy atom. The molecule has 0 unspecified atom stereocenters. The average molecular weight is 350 g/mol. The van der Waals surface area contributed by atoms with Gasteiger partial charge < -0.3 is 14.6 Å². The molecule has 134 valence electrons. The number of carbonyl (C=O) groups is 2. The van der Waals surface area contributed by atoms with Crippen molar-refractivity contribution in [2.75, 3.05) is 6.61 Å². The van der Waals surface area contributed by atoms with Crippen molar-refractivity contribution in [3.8, 4) is 0 Å². The molecule has 0 aliphatic carbocycles. The number of nitrogens with one attached hydrogen (secondary N) is 1. The van der Waals surface area contributed by atoms with Gasteiger partial charge in [-0.2, -0.15) is 0 Å². The molecular weight excluding hydrogens is 328 g/mol. The van der Waals surface area contributed by atoms with E-state index >= 15 is 0 Å². The highest BCUT2D eigenvalue weighted by Gasteiger charge is 2.20. The maximum Gasteiger partial charge on any atom is 0.340 e. The first-order chi connectivity index (χ1) is 12.6. The van der Waals surface area contributed by atoms with E-state index in [0.29, 0.717) is 12.1 Å². The second-order valence-corrected chi connectivity index (χ2v) is 6.43. The van der Waals surface area contributed by atoms with E-state index in [0.717, 1.165) is 16.5 Å². The Kier molecular flexibility index (Phi) is 5.37. The molecule has 0 bridgehead atoms. The number of ether oxygens (including phenoxy) is 1. The summed E-state index contributed by atoms with van der Waals surface area (Å²) in [6.07, 6.45) is 1.61. The Bertz CT molecular complexity index is 900. The number of para-hydroxylation sites is 1. The number of hydrogen-bond donors (Lipinski definition) is 1. The molecule has 3 rings (SSSR count). The fourth-order valence-corrected chi connectivity index (χ4v) is 2.87. The van der Waals surface area contributed by atoms with E-state index in [2.05, 4.69) is 4.98 Å². The third-order valence-corrected chi connectivity index (χ3v) is 4.28. The highest BCUT2D eigenvalue weighted by atomic mass is 16.5. The molecule has 1 aromatic heterocycles. The van der Waals surface area contributed by atoms with E-state index in [1.807, 2.05) is 68.4 Å². The lowest BCUT2D eigenvalue weighted by Gasteiger charge is -2.26. The van der Waals surface area contributed by atoms with Crippen LogP contribution in [0.5, 0.6) is 0 Å². The van der Waals surface area contributed by atoms with E-state index in [9.17, 15) is 9.59 Å². The molecule has 3 aromatic rings. The van der Waals surface area contributed by atoms with Crippen molar-refractivity contribution >= 4 is 22.8 Å². The summed E-state index contributed by atoms with van der Waals surface area (Å²) < 4.78 is 5.28. The van der Waals surface area contributed by atoms with Gasteiger partial charge in [-0.1, -0.05) is 48.5 Å². The molecule has 0 atom stereocenters. The van der Waals surface area contributed by atoms with E-state index in [-0.39, 0.29) is 18.6 Å². The third-order valence-electron chi connectivity index (χ3n) is 4.28. The Morgan fingerprint density at radius 3 is 2.46 bits per heavy atom. The zero-order chi connectivity index (χ0) is 18.5. The normalized spacial score (nSPS) is 10.9. The number of esters is 1. The maximum atomic E-state index is 12.6. The van der Waals surface area contributed by atoms with Crippen LogP contribution in [-0.4, -0.2) is 34.4 Å². The second-order valence-electron chi connectivity index (χ2n) is 6.43. The van der Waals surface area contributed by atoms with Gasteiger partial charge >= 0.3 is 5.97 Å². The van der Waals surface area contributed by atoms with Gasteiger partial charge in [-0.05, 0) is 25.5 Å². The van der Waals surface area contributed by atoms with Crippen molar-refractivity contribution in [2.45, 2.75) is 26.4 Å². The summed E-state index contributed by atoms with van der Waals surface area (Å²) >= 11 is 0. The maximum absolute atomic E-state index is 12.6. The van der Waals surface area contributed by atoms with Crippen molar-refractivity contribution in [2.24, 2.45) is 0 Å². The van der Waals surface area contributed by atoms with Crippen LogP contribution in [0, 0.1) is 0 Å². The highest BCUT2D eigenvalue weighted by Crippen LogP contribution is 2.18. The number of H-pyrrole nitrogens is 1. The summed E-state index contributed by atoms with van der Waals surface area (Å²) in [5, 5.41) is 0.787. The number of hydrogen-bond acceptors (Lipinski definition) is 3. The topological polar surface area (TPSA) is 62.4 Å². The molecular formula is C21H22N2O3. The summed E-state index contributed by atoms with van der Waals surface area (Å²) in [4.78, 5) is 29.7. The monoisotopic (exact) mass is 350 g/mol. The largest absolute Gasteiger partial charge is 0.452 e. The van der Waals surface area contributed by atoms with Crippen molar-refractivity contribution < 1.29 is 14.3 Å². The molecule has 1 heterocycles. The van der Waals surface area contributed by atoms with Crippen LogP contribution in [0.1, 0.15) is 29.8 Å². The van der Waals surface area contributed by atoms with Gasteiger partial charge in [-0.3, -0.25) is 4.79 Å². The van der Waals surface area contributed by atoms with Crippen LogP contribution in [0.4, 0.5) is 0 Å². The van der Waals surface area contributed by atoms with Gasteiger partial charge in [0, 0.05) is 29.7 Å². The average Bonchev–Trinajstić information content (AvgIpc) is 3.09. The number of aromatic amines is 1. The lowest BCUT2D eigenvalue weighted by Crippen LogP contribution is -2.39. The number of rotatable bonds is 6. The molecule has 1 N–H and O–H groups in total. The zero-order valence-corrected chi connectivity index (χ0v) is 14.9. The Hall–Kier alpha value is -3.08. The molecule has 0 saturated heterocycles. The molecule has 5 nitrogen and oxygen atoms in total. The van der Waals surface area contributed by atoms with Gasteiger partial charge in [-0.15, -0.1) is 0 Å². The quantitative estimate of drug-likeness (QED) is 0.689. The van der Waals surface area contributed by atoms with Crippen LogP contribution >= 0.6 is 0 Å². The van der Waals surface area contributed by atoms with E-state index in [4.69, 9.17) is 4.74 Å². The Labute approximate surface area is 152 Å². The Balaban J connectivity index is 1.65. The van der Waals surface area contributed by atoms with Gasteiger partial charge in [0.15, 0.2) is 6.61 Å².